The van der Waals surface area contributed by atoms with Crippen LogP contribution in [0.1, 0.15) is 51.0 Å². The molecule has 37 heavy (non-hydrogen) atoms. The second kappa shape index (κ2) is 10.9. The summed E-state index contributed by atoms with van der Waals surface area (Å²) in [5.74, 6) is -2.01. The fourth-order valence-electron chi connectivity index (χ4n) is 4.52. The smallest absolute Gasteiger partial charge is 0.335 e. The average Bonchev–Trinajstić information content (AvgIpc) is 2.87. The van der Waals surface area contributed by atoms with E-state index in [0.717, 1.165) is 22.3 Å². The van der Waals surface area contributed by atoms with Gasteiger partial charge < -0.3 is 9.67 Å². The molecule has 1 N–H and O–H groups in total. The number of pyridine rings is 1. The van der Waals surface area contributed by atoms with Crippen molar-refractivity contribution in [2.24, 2.45) is 12.2 Å². The van der Waals surface area contributed by atoms with Crippen LogP contribution in [0.15, 0.2) is 89.0 Å². The van der Waals surface area contributed by atoms with Gasteiger partial charge in [-0.1, -0.05) is 53.2 Å². The molecule has 0 saturated heterocycles. The molecule has 0 radical (unpaired) electrons. The summed E-state index contributed by atoms with van der Waals surface area (Å²) in [6, 6.07) is 19.0. The molecule has 1 unspecified atom stereocenters. The number of hydrogen-bond donors (Lipinski definition) is 1. The standard InChI is InChI=1S/C29H24ClFN2O4/c1-17-13-20(29(35)36)7-10-23(17)18-3-5-19(6-4-18)25(24-11-9-22(30)14-26(24)31)15-27(32-37)21-8-12-28(34)33(2)16-21/h3-14,16,25,27H,15H2,1-2H3,(H,35,36)/t25-,27?/m0/s1. The van der Waals surface area contributed by atoms with Gasteiger partial charge in [0.05, 0.1) is 5.56 Å². The van der Waals surface area contributed by atoms with Gasteiger partial charge in [0.25, 0.3) is 0 Å². The number of carboxylic acid groups (broad SMARTS) is 1. The average molecular weight is 519 g/mol. The van der Waals surface area contributed by atoms with Gasteiger partial charge in [0.1, 0.15) is 11.9 Å². The zero-order chi connectivity index (χ0) is 26.7. The molecule has 1 aromatic heterocycles. The third-order valence-electron chi connectivity index (χ3n) is 6.52. The molecule has 0 aliphatic heterocycles. The van der Waals surface area contributed by atoms with E-state index < -0.39 is 23.7 Å². The van der Waals surface area contributed by atoms with Crippen molar-refractivity contribution < 1.29 is 14.3 Å². The van der Waals surface area contributed by atoms with E-state index in [1.807, 2.05) is 31.2 Å². The Morgan fingerprint density at radius 3 is 2.32 bits per heavy atom. The molecule has 1 heterocycles. The van der Waals surface area contributed by atoms with Gasteiger partial charge in [0.2, 0.25) is 5.56 Å². The van der Waals surface area contributed by atoms with Gasteiger partial charge in [0, 0.05) is 30.3 Å². The number of aryl methyl sites for hydroxylation is 2. The first-order valence-electron chi connectivity index (χ1n) is 11.6. The molecular weight excluding hydrogens is 495 g/mol. The maximum atomic E-state index is 15.1. The topological polar surface area (TPSA) is 88.7 Å². The highest BCUT2D eigenvalue weighted by molar-refractivity contribution is 6.30. The Labute approximate surface area is 218 Å². The summed E-state index contributed by atoms with van der Waals surface area (Å²) in [6.07, 6.45) is 1.74. The molecule has 6 nitrogen and oxygen atoms in total. The molecule has 2 atom stereocenters. The van der Waals surface area contributed by atoms with Crippen LogP contribution in [-0.4, -0.2) is 15.6 Å². The molecule has 8 heteroatoms. The van der Waals surface area contributed by atoms with Gasteiger partial charge in [-0.2, -0.15) is 4.91 Å². The molecule has 0 amide bonds. The van der Waals surface area contributed by atoms with Gasteiger partial charge >= 0.3 is 5.97 Å². The van der Waals surface area contributed by atoms with Gasteiger partial charge in [-0.15, -0.1) is 0 Å². The number of rotatable bonds is 8. The minimum absolute atomic E-state index is 0.173. The van der Waals surface area contributed by atoms with Gasteiger partial charge in [-0.25, -0.2) is 9.18 Å². The fraction of sp³-hybridized carbons (Fsp3) is 0.172. The number of nitroso groups, excluding NO2 is 1. The van der Waals surface area contributed by atoms with Crippen LogP contribution in [0.5, 0.6) is 0 Å². The zero-order valence-electron chi connectivity index (χ0n) is 20.2. The monoisotopic (exact) mass is 518 g/mol. The maximum absolute atomic E-state index is 15.1. The lowest BCUT2D eigenvalue weighted by atomic mass is 9.83. The largest absolute Gasteiger partial charge is 0.478 e. The number of carboxylic acids is 1. The van der Waals surface area contributed by atoms with E-state index in [2.05, 4.69) is 5.18 Å². The molecule has 0 aliphatic rings. The van der Waals surface area contributed by atoms with Gasteiger partial charge in [-0.3, -0.25) is 4.79 Å². The highest BCUT2D eigenvalue weighted by Gasteiger charge is 2.25. The highest BCUT2D eigenvalue weighted by Crippen LogP contribution is 2.38. The number of halogens is 2. The molecular formula is C29H24ClFN2O4. The first-order valence-corrected chi connectivity index (χ1v) is 11.9. The van der Waals surface area contributed by atoms with Crippen molar-refractivity contribution in [3.05, 3.63) is 133 Å². The summed E-state index contributed by atoms with van der Waals surface area (Å²) in [4.78, 5) is 35.0. The van der Waals surface area contributed by atoms with Crippen molar-refractivity contribution in [2.45, 2.75) is 25.3 Å². The Morgan fingerprint density at radius 1 is 1.03 bits per heavy atom. The molecule has 4 aromatic rings. The quantitative estimate of drug-likeness (QED) is 0.257. The van der Waals surface area contributed by atoms with Crippen LogP contribution in [0, 0.1) is 17.6 Å². The van der Waals surface area contributed by atoms with Gasteiger partial charge in [-0.05, 0) is 77.1 Å². The maximum Gasteiger partial charge on any atom is 0.335 e. The Morgan fingerprint density at radius 2 is 1.73 bits per heavy atom. The van der Waals surface area contributed by atoms with E-state index in [1.54, 1.807) is 49.6 Å². The van der Waals surface area contributed by atoms with E-state index in [9.17, 15) is 19.6 Å². The number of carbonyl (C=O) groups is 1. The fourth-order valence-corrected chi connectivity index (χ4v) is 4.68. The first kappa shape index (κ1) is 26.0. The number of aromatic nitrogens is 1. The van der Waals surface area contributed by atoms with Crippen LogP contribution in [0.4, 0.5) is 4.39 Å². The first-order chi connectivity index (χ1) is 17.7. The van der Waals surface area contributed by atoms with Crippen molar-refractivity contribution in [2.75, 3.05) is 0 Å². The summed E-state index contributed by atoms with van der Waals surface area (Å²) in [5.41, 5.74) is 4.26. The second-order valence-electron chi connectivity index (χ2n) is 8.94. The molecule has 0 spiro atoms. The van der Waals surface area contributed by atoms with Crippen molar-refractivity contribution in [3.63, 3.8) is 0 Å². The molecule has 0 aliphatic carbocycles. The number of benzene rings is 3. The summed E-state index contributed by atoms with van der Waals surface area (Å²) in [7, 11) is 1.59. The molecule has 0 bridgehead atoms. The minimum atomic E-state index is -0.991. The Balaban J connectivity index is 1.74. The van der Waals surface area contributed by atoms with Crippen molar-refractivity contribution >= 4 is 17.6 Å². The predicted molar refractivity (Wildman–Crippen MR) is 142 cm³/mol. The van der Waals surface area contributed by atoms with Crippen LogP contribution < -0.4 is 5.56 Å². The van der Waals surface area contributed by atoms with Crippen LogP contribution in [0.25, 0.3) is 11.1 Å². The molecule has 3 aromatic carbocycles. The summed E-state index contributed by atoms with van der Waals surface area (Å²) >= 11 is 5.99. The molecule has 0 fully saturated rings. The summed E-state index contributed by atoms with van der Waals surface area (Å²) in [5, 5.41) is 12.8. The Kier molecular flexibility index (Phi) is 7.64. The normalized spacial score (nSPS) is 12.6. The van der Waals surface area contributed by atoms with Crippen molar-refractivity contribution in [1.29, 1.82) is 0 Å². The van der Waals surface area contributed by atoms with E-state index >= 15 is 4.39 Å². The van der Waals surface area contributed by atoms with Crippen LogP contribution in [-0.2, 0) is 7.05 Å². The van der Waals surface area contributed by atoms with Crippen molar-refractivity contribution in [1.82, 2.24) is 4.57 Å². The number of aromatic carboxylic acids is 1. The Hall–Kier alpha value is -4.10. The minimum Gasteiger partial charge on any atom is -0.478 e. The van der Waals surface area contributed by atoms with Crippen LogP contribution in [0.2, 0.25) is 5.02 Å². The highest BCUT2D eigenvalue weighted by atomic mass is 35.5. The molecule has 4 rings (SSSR count). The van der Waals surface area contributed by atoms with Crippen LogP contribution in [0.3, 0.4) is 0 Å². The number of nitrogens with zero attached hydrogens (tertiary/aromatic N) is 2. The lowest BCUT2D eigenvalue weighted by Crippen LogP contribution is -2.16. The second-order valence-corrected chi connectivity index (χ2v) is 9.38. The third kappa shape index (κ3) is 5.67. The van der Waals surface area contributed by atoms with E-state index in [4.69, 9.17) is 11.6 Å². The molecule has 188 valence electrons. The van der Waals surface area contributed by atoms with Crippen molar-refractivity contribution in [3.8, 4) is 11.1 Å². The van der Waals surface area contributed by atoms with E-state index in [0.29, 0.717) is 11.1 Å². The van der Waals surface area contributed by atoms with E-state index in [-0.39, 0.29) is 22.6 Å². The predicted octanol–water partition coefficient (Wildman–Crippen LogP) is 6.88. The number of hydrogen-bond acceptors (Lipinski definition) is 4. The summed E-state index contributed by atoms with van der Waals surface area (Å²) < 4.78 is 16.4. The van der Waals surface area contributed by atoms with Gasteiger partial charge in [0.15, 0.2) is 0 Å². The SMILES string of the molecule is Cc1cc(C(=O)O)ccc1-c1ccc([C@H](CC(N=O)c2ccc(=O)n(C)c2)c2ccc(Cl)cc2F)cc1. The Bertz CT molecular complexity index is 1530. The lowest BCUT2D eigenvalue weighted by molar-refractivity contribution is 0.0697. The molecule has 0 saturated carbocycles. The van der Waals surface area contributed by atoms with Crippen LogP contribution >= 0.6 is 11.6 Å². The lowest BCUT2D eigenvalue weighted by Gasteiger charge is -2.22. The third-order valence-corrected chi connectivity index (χ3v) is 6.75. The van der Waals surface area contributed by atoms with E-state index in [1.165, 1.54) is 16.7 Å². The zero-order valence-corrected chi connectivity index (χ0v) is 20.9. The summed E-state index contributed by atoms with van der Waals surface area (Å²) in [6.45, 7) is 1.84.